The number of hydrogen-bond acceptors (Lipinski definition) is 7. The van der Waals surface area contributed by atoms with E-state index in [9.17, 15) is 9.18 Å². The maximum absolute atomic E-state index is 14.6. The van der Waals surface area contributed by atoms with Gasteiger partial charge in [0.1, 0.15) is 0 Å². The van der Waals surface area contributed by atoms with Gasteiger partial charge < -0.3 is 18.7 Å². The Bertz CT molecular complexity index is 1370. The Morgan fingerprint density at radius 3 is 2.59 bits per heavy atom. The summed E-state index contributed by atoms with van der Waals surface area (Å²) in [4.78, 5) is 15.9. The quantitative estimate of drug-likeness (QED) is 0.173. The number of rotatable bonds is 11. The molecule has 8 heteroatoms. The number of aromatic nitrogens is 2. The van der Waals surface area contributed by atoms with Gasteiger partial charge in [-0.3, -0.25) is 4.79 Å². The highest BCUT2D eigenvalue weighted by Crippen LogP contribution is 2.32. The summed E-state index contributed by atoms with van der Waals surface area (Å²) in [5.74, 6) is -0.173. The summed E-state index contributed by atoms with van der Waals surface area (Å²) in [5, 5.41) is 4.04. The summed E-state index contributed by atoms with van der Waals surface area (Å²) in [6.45, 7) is 4.78. The van der Waals surface area contributed by atoms with Crippen LogP contribution in [0.15, 0.2) is 65.2 Å². The highest BCUT2D eigenvalue weighted by Gasteiger charge is 2.16. The normalized spacial score (nSPS) is 10.9. The maximum atomic E-state index is 14.6. The third-order valence-corrected chi connectivity index (χ3v) is 5.79. The molecule has 0 radical (unpaired) electrons. The van der Waals surface area contributed by atoms with Crippen molar-refractivity contribution in [1.82, 2.24) is 10.1 Å². The average molecular weight is 505 g/mol. The number of ether oxygens (including phenoxy) is 3. The third-order valence-electron chi connectivity index (χ3n) is 5.79. The molecule has 0 bridgehead atoms. The molecule has 0 aliphatic heterocycles. The molecule has 0 atom stereocenters. The van der Waals surface area contributed by atoms with Gasteiger partial charge in [0.2, 0.25) is 5.82 Å². The van der Waals surface area contributed by atoms with Crippen LogP contribution in [0.25, 0.3) is 34.0 Å². The molecule has 192 valence electrons. The second-order valence-corrected chi connectivity index (χ2v) is 8.45. The van der Waals surface area contributed by atoms with Crippen LogP contribution >= 0.6 is 0 Å². The second kappa shape index (κ2) is 12.3. The van der Waals surface area contributed by atoms with E-state index in [2.05, 4.69) is 29.2 Å². The Hall–Kier alpha value is -4.04. The van der Waals surface area contributed by atoms with Crippen molar-refractivity contribution in [1.29, 1.82) is 0 Å². The first-order valence-electron chi connectivity index (χ1n) is 12.1. The first kappa shape index (κ1) is 26.0. The Morgan fingerprint density at radius 2 is 1.84 bits per heavy atom. The molecule has 0 saturated carbocycles. The van der Waals surface area contributed by atoms with E-state index in [0.717, 1.165) is 22.3 Å². The number of nitrogens with zero attached hydrogens (tertiary/aromatic N) is 2. The molecule has 3 aromatic carbocycles. The Morgan fingerprint density at radius 1 is 1.03 bits per heavy atom. The fraction of sp³-hybridized carbons (Fsp3) is 0.276. The van der Waals surface area contributed by atoms with Gasteiger partial charge in [0.15, 0.2) is 11.6 Å². The smallest absolute Gasteiger partial charge is 0.305 e. The minimum atomic E-state index is -0.551. The van der Waals surface area contributed by atoms with Crippen LogP contribution in [0.3, 0.4) is 0 Å². The fourth-order valence-corrected chi connectivity index (χ4v) is 3.99. The minimum Gasteiger partial charge on any atom is -0.491 e. The zero-order valence-corrected chi connectivity index (χ0v) is 21.1. The lowest BCUT2D eigenvalue weighted by atomic mass is 9.94. The van der Waals surface area contributed by atoms with Crippen molar-refractivity contribution in [2.24, 2.45) is 0 Å². The Kier molecular flexibility index (Phi) is 8.64. The number of benzene rings is 3. The van der Waals surface area contributed by atoms with Crippen molar-refractivity contribution >= 4 is 5.97 Å². The lowest BCUT2D eigenvalue weighted by molar-refractivity contribution is -0.143. The zero-order chi connectivity index (χ0) is 26.2. The molecule has 0 unspecified atom stereocenters. The van der Waals surface area contributed by atoms with E-state index in [0.29, 0.717) is 31.1 Å². The first-order valence-corrected chi connectivity index (χ1v) is 12.1. The van der Waals surface area contributed by atoms with Gasteiger partial charge in [-0.05, 0) is 72.9 Å². The molecule has 0 aliphatic rings. The Balaban J connectivity index is 1.49. The van der Waals surface area contributed by atoms with Gasteiger partial charge >= 0.3 is 5.97 Å². The van der Waals surface area contributed by atoms with Crippen molar-refractivity contribution in [3.63, 3.8) is 0 Å². The molecular formula is C29H29FN2O5. The SMILES string of the molecule is CCOC(=O)CCCOc1ccc(-c2noc(-c3ccc(-c4ccccc4C)c(COC)c3)n2)cc1F. The molecule has 4 aromatic rings. The lowest BCUT2D eigenvalue weighted by Gasteiger charge is -2.12. The minimum absolute atomic E-state index is 0.0901. The van der Waals surface area contributed by atoms with Crippen LogP contribution in [0.5, 0.6) is 5.75 Å². The number of halogens is 1. The number of methoxy groups -OCH3 is 1. The van der Waals surface area contributed by atoms with E-state index in [1.54, 1.807) is 20.1 Å². The predicted molar refractivity (Wildman–Crippen MR) is 137 cm³/mol. The van der Waals surface area contributed by atoms with Crippen molar-refractivity contribution in [2.75, 3.05) is 20.3 Å². The van der Waals surface area contributed by atoms with Crippen molar-refractivity contribution in [3.8, 4) is 39.7 Å². The highest BCUT2D eigenvalue weighted by molar-refractivity contribution is 5.74. The van der Waals surface area contributed by atoms with E-state index >= 15 is 0 Å². The highest BCUT2D eigenvalue weighted by atomic mass is 19.1. The maximum Gasteiger partial charge on any atom is 0.305 e. The predicted octanol–water partition coefficient (Wildman–Crippen LogP) is 6.39. The summed E-state index contributed by atoms with van der Waals surface area (Å²) in [6.07, 6.45) is 0.652. The fourth-order valence-electron chi connectivity index (χ4n) is 3.99. The molecule has 0 saturated heterocycles. The largest absolute Gasteiger partial charge is 0.491 e. The van der Waals surface area contributed by atoms with Gasteiger partial charge in [0.05, 0.1) is 19.8 Å². The monoisotopic (exact) mass is 504 g/mol. The van der Waals surface area contributed by atoms with Gasteiger partial charge in [-0.2, -0.15) is 4.98 Å². The van der Waals surface area contributed by atoms with Gasteiger partial charge in [-0.1, -0.05) is 35.5 Å². The van der Waals surface area contributed by atoms with Crippen LogP contribution in [-0.2, 0) is 20.9 Å². The molecule has 0 amide bonds. The topological polar surface area (TPSA) is 83.7 Å². The van der Waals surface area contributed by atoms with E-state index in [4.69, 9.17) is 18.7 Å². The van der Waals surface area contributed by atoms with Gasteiger partial charge in [0.25, 0.3) is 5.89 Å². The van der Waals surface area contributed by atoms with Crippen molar-refractivity contribution < 1.29 is 27.9 Å². The molecule has 0 spiro atoms. The Labute approximate surface area is 215 Å². The van der Waals surface area contributed by atoms with Crippen molar-refractivity contribution in [2.45, 2.75) is 33.3 Å². The van der Waals surface area contributed by atoms with Crippen LogP contribution < -0.4 is 4.74 Å². The van der Waals surface area contributed by atoms with Crippen LogP contribution in [0.4, 0.5) is 4.39 Å². The molecular weight excluding hydrogens is 475 g/mol. The number of esters is 1. The molecule has 0 fully saturated rings. The van der Waals surface area contributed by atoms with E-state index in [1.807, 2.05) is 30.3 Å². The van der Waals surface area contributed by atoms with Gasteiger partial charge in [0, 0.05) is 24.7 Å². The molecule has 0 aliphatic carbocycles. The van der Waals surface area contributed by atoms with E-state index < -0.39 is 5.82 Å². The van der Waals surface area contributed by atoms with Gasteiger partial charge in [-0.15, -0.1) is 0 Å². The molecule has 1 aromatic heterocycles. The number of aryl methyl sites for hydroxylation is 1. The van der Waals surface area contributed by atoms with E-state index in [-0.39, 0.29) is 30.6 Å². The van der Waals surface area contributed by atoms with E-state index in [1.165, 1.54) is 17.7 Å². The molecule has 37 heavy (non-hydrogen) atoms. The summed E-state index contributed by atoms with van der Waals surface area (Å²) in [6, 6.07) is 18.6. The standard InChI is InChI=1S/C29H29FN2O5/c1-4-35-27(33)10-7-15-36-26-14-12-20(17-25(26)30)28-31-29(37-32-28)21-11-13-24(22(16-21)18-34-3)23-9-6-5-8-19(23)2/h5-6,8-9,11-14,16-17H,4,7,10,15,18H2,1-3H3. The van der Waals surface area contributed by atoms with Crippen LogP contribution in [-0.4, -0.2) is 36.4 Å². The van der Waals surface area contributed by atoms with Crippen LogP contribution in [0.2, 0.25) is 0 Å². The summed E-state index contributed by atoms with van der Waals surface area (Å²) in [7, 11) is 1.65. The molecule has 4 rings (SSSR count). The molecule has 1 heterocycles. The van der Waals surface area contributed by atoms with Crippen LogP contribution in [0, 0.1) is 12.7 Å². The summed E-state index contributed by atoms with van der Waals surface area (Å²) < 4.78 is 35.9. The number of hydrogen-bond donors (Lipinski definition) is 0. The first-order chi connectivity index (χ1) is 18.0. The third kappa shape index (κ3) is 6.40. The van der Waals surface area contributed by atoms with Gasteiger partial charge in [-0.25, -0.2) is 4.39 Å². The number of carbonyl (C=O) groups excluding carboxylic acids is 1. The van der Waals surface area contributed by atoms with Crippen LogP contribution in [0.1, 0.15) is 30.9 Å². The molecule has 7 nitrogen and oxygen atoms in total. The summed E-state index contributed by atoms with van der Waals surface area (Å²) >= 11 is 0. The lowest BCUT2D eigenvalue weighted by Crippen LogP contribution is -2.07. The average Bonchev–Trinajstić information content (AvgIpc) is 3.39. The zero-order valence-electron chi connectivity index (χ0n) is 21.1. The van der Waals surface area contributed by atoms with Crippen molar-refractivity contribution in [3.05, 3.63) is 77.6 Å². The summed E-state index contributed by atoms with van der Waals surface area (Å²) in [5.41, 5.74) is 5.56. The number of carbonyl (C=O) groups is 1. The second-order valence-electron chi connectivity index (χ2n) is 8.45. The molecule has 0 N–H and O–H groups in total.